The molecule has 1 aromatic heterocycles. The van der Waals surface area contributed by atoms with Crippen LogP contribution in [0.4, 0.5) is 0 Å². The Balaban J connectivity index is 1.52. The largest absolute Gasteiger partial charge is 0.497 e. The lowest BCUT2D eigenvalue weighted by Gasteiger charge is -2.06. The van der Waals surface area contributed by atoms with Crippen LogP contribution in [0.3, 0.4) is 0 Å². The number of ether oxygens (including phenoxy) is 2. The molecule has 6 heteroatoms. The third-order valence-corrected chi connectivity index (χ3v) is 5.69. The van der Waals surface area contributed by atoms with Gasteiger partial charge in [0, 0.05) is 23.4 Å². The van der Waals surface area contributed by atoms with Crippen molar-refractivity contribution in [1.29, 1.82) is 0 Å². The molecule has 0 aliphatic carbocycles. The number of methoxy groups -OCH3 is 2. The molecule has 0 radical (unpaired) electrons. The fraction of sp³-hybridized carbons (Fsp3) is 0.273. The Morgan fingerprint density at radius 1 is 1.00 bits per heavy atom. The molecule has 3 aromatic rings. The summed E-state index contributed by atoms with van der Waals surface area (Å²) in [5.41, 5.74) is 3.05. The quantitative estimate of drug-likeness (QED) is 0.624. The monoisotopic (exact) mass is 396 g/mol. The topological polar surface area (TPSA) is 60.5 Å². The van der Waals surface area contributed by atoms with Crippen molar-refractivity contribution in [2.24, 2.45) is 0 Å². The number of thiazole rings is 1. The number of aromatic nitrogens is 1. The zero-order chi connectivity index (χ0) is 19.9. The highest BCUT2D eigenvalue weighted by atomic mass is 32.1. The Hall–Kier alpha value is -2.86. The molecule has 28 heavy (non-hydrogen) atoms. The first-order valence-corrected chi connectivity index (χ1v) is 9.91. The molecule has 0 aliphatic heterocycles. The molecule has 1 N–H and O–H groups in total. The number of hydrogen-bond donors (Lipinski definition) is 1. The molecule has 2 aromatic carbocycles. The Kier molecular flexibility index (Phi) is 6.66. The van der Waals surface area contributed by atoms with Crippen LogP contribution in [-0.4, -0.2) is 31.7 Å². The van der Waals surface area contributed by atoms with Crippen molar-refractivity contribution in [3.05, 3.63) is 64.7 Å². The van der Waals surface area contributed by atoms with E-state index in [2.05, 4.69) is 10.3 Å². The van der Waals surface area contributed by atoms with Crippen LogP contribution < -0.4 is 14.8 Å². The summed E-state index contributed by atoms with van der Waals surface area (Å²) in [4.78, 5) is 18.0. The molecule has 0 saturated heterocycles. The van der Waals surface area contributed by atoms with Crippen LogP contribution in [0.2, 0.25) is 0 Å². The molecule has 0 saturated carbocycles. The van der Waals surface area contributed by atoms with Gasteiger partial charge >= 0.3 is 0 Å². The Morgan fingerprint density at radius 2 is 1.61 bits per heavy atom. The SMILES string of the molecule is COc1ccc(CC(=O)NCCc2sc(-c3ccc(OC)cc3)nc2C)cc1. The van der Waals surface area contributed by atoms with Crippen molar-refractivity contribution in [2.75, 3.05) is 20.8 Å². The number of nitrogens with zero attached hydrogens (tertiary/aromatic N) is 1. The summed E-state index contributed by atoms with van der Waals surface area (Å²) in [6.07, 6.45) is 1.14. The van der Waals surface area contributed by atoms with Crippen LogP contribution in [0.5, 0.6) is 11.5 Å². The Morgan fingerprint density at radius 3 is 2.21 bits per heavy atom. The predicted octanol–water partition coefficient (Wildman–Crippen LogP) is 4.04. The Labute approximate surface area is 169 Å². The summed E-state index contributed by atoms with van der Waals surface area (Å²) in [7, 11) is 3.28. The molecular weight excluding hydrogens is 372 g/mol. The zero-order valence-corrected chi connectivity index (χ0v) is 17.1. The van der Waals surface area contributed by atoms with Crippen LogP contribution in [0.25, 0.3) is 10.6 Å². The summed E-state index contributed by atoms with van der Waals surface area (Å²) in [6.45, 7) is 2.61. The summed E-state index contributed by atoms with van der Waals surface area (Å²) in [6, 6.07) is 15.4. The van der Waals surface area contributed by atoms with Crippen molar-refractivity contribution in [3.8, 4) is 22.1 Å². The van der Waals surface area contributed by atoms with Crippen molar-refractivity contribution < 1.29 is 14.3 Å². The number of nitrogens with one attached hydrogen (secondary N) is 1. The van der Waals surface area contributed by atoms with Gasteiger partial charge in [0.1, 0.15) is 16.5 Å². The van der Waals surface area contributed by atoms with Gasteiger partial charge in [0.25, 0.3) is 0 Å². The van der Waals surface area contributed by atoms with E-state index in [-0.39, 0.29) is 5.91 Å². The molecule has 0 fully saturated rings. The zero-order valence-electron chi connectivity index (χ0n) is 16.3. The number of rotatable bonds is 8. The lowest BCUT2D eigenvalue weighted by Crippen LogP contribution is -2.27. The van der Waals surface area contributed by atoms with E-state index in [0.717, 1.165) is 39.7 Å². The highest BCUT2D eigenvalue weighted by Gasteiger charge is 2.10. The van der Waals surface area contributed by atoms with Crippen molar-refractivity contribution in [3.63, 3.8) is 0 Å². The van der Waals surface area contributed by atoms with E-state index >= 15 is 0 Å². The number of benzene rings is 2. The summed E-state index contributed by atoms with van der Waals surface area (Å²) in [5, 5.41) is 3.98. The van der Waals surface area contributed by atoms with Crippen molar-refractivity contribution in [1.82, 2.24) is 10.3 Å². The van der Waals surface area contributed by atoms with Gasteiger partial charge in [-0.2, -0.15) is 0 Å². The maximum atomic E-state index is 12.2. The highest BCUT2D eigenvalue weighted by Crippen LogP contribution is 2.29. The predicted molar refractivity (Wildman–Crippen MR) is 112 cm³/mol. The smallest absolute Gasteiger partial charge is 0.224 e. The van der Waals surface area contributed by atoms with Crippen molar-refractivity contribution in [2.45, 2.75) is 19.8 Å². The normalized spacial score (nSPS) is 10.5. The average Bonchev–Trinajstić information content (AvgIpc) is 3.09. The first kappa shape index (κ1) is 19.9. The first-order chi connectivity index (χ1) is 13.6. The summed E-state index contributed by atoms with van der Waals surface area (Å²) in [5.74, 6) is 1.64. The molecule has 5 nitrogen and oxygen atoms in total. The van der Waals surface area contributed by atoms with Crippen LogP contribution in [0.15, 0.2) is 48.5 Å². The lowest BCUT2D eigenvalue weighted by atomic mass is 10.1. The third kappa shape index (κ3) is 5.10. The molecular formula is C22H24N2O3S. The second-order valence-corrected chi connectivity index (χ2v) is 7.46. The minimum Gasteiger partial charge on any atom is -0.497 e. The molecule has 1 amide bonds. The second kappa shape index (κ2) is 9.37. The van der Waals surface area contributed by atoms with Crippen LogP contribution >= 0.6 is 11.3 Å². The minimum atomic E-state index is 0.0164. The lowest BCUT2D eigenvalue weighted by molar-refractivity contribution is -0.120. The standard InChI is InChI=1S/C22H24N2O3S/c1-15-20(28-22(24-15)17-6-10-19(27-3)11-7-17)12-13-23-21(25)14-16-4-8-18(26-2)9-5-16/h4-11H,12-14H2,1-3H3,(H,23,25). The van der Waals surface area contributed by atoms with Gasteiger partial charge in [-0.15, -0.1) is 11.3 Å². The van der Waals surface area contributed by atoms with E-state index in [1.54, 1.807) is 25.6 Å². The van der Waals surface area contributed by atoms with Crippen LogP contribution in [-0.2, 0) is 17.6 Å². The van der Waals surface area contributed by atoms with Gasteiger partial charge in [-0.05, 0) is 48.9 Å². The van der Waals surface area contributed by atoms with E-state index in [1.165, 1.54) is 4.88 Å². The van der Waals surface area contributed by atoms with Gasteiger partial charge in [-0.3, -0.25) is 4.79 Å². The fourth-order valence-electron chi connectivity index (χ4n) is 2.82. The van der Waals surface area contributed by atoms with Gasteiger partial charge in [0.05, 0.1) is 26.3 Å². The van der Waals surface area contributed by atoms with E-state index < -0.39 is 0 Å². The van der Waals surface area contributed by atoms with Gasteiger partial charge in [0.2, 0.25) is 5.91 Å². The Bertz CT molecular complexity index is 918. The number of hydrogen-bond acceptors (Lipinski definition) is 5. The molecule has 0 atom stereocenters. The number of carbonyl (C=O) groups is 1. The number of aryl methyl sites for hydroxylation is 1. The molecule has 0 spiro atoms. The number of carbonyl (C=O) groups excluding carboxylic acids is 1. The minimum absolute atomic E-state index is 0.0164. The number of amides is 1. The second-order valence-electron chi connectivity index (χ2n) is 6.38. The maximum Gasteiger partial charge on any atom is 0.224 e. The van der Waals surface area contributed by atoms with E-state index in [1.807, 2.05) is 55.5 Å². The molecule has 0 aliphatic rings. The van der Waals surface area contributed by atoms with Gasteiger partial charge in [-0.25, -0.2) is 4.98 Å². The van der Waals surface area contributed by atoms with E-state index in [9.17, 15) is 4.79 Å². The van der Waals surface area contributed by atoms with Gasteiger partial charge in [0.15, 0.2) is 0 Å². The molecule has 146 valence electrons. The van der Waals surface area contributed by atoms with Crippen LogP contribution in [0.1, 0.15) is 16.1 Å². The van der Waals surface area contributed by atoms with E-state index in [4.69, 9.17) is 9.47 Å². The van der Waals surface area contributed by atoms with Crippen LogP contribution in [0, 0.1) is 6.92 Å². The van der Waals surface area contributed by atoms with Gasteiger partial charge < -0.3 is 14.8 Å². The highest BCUT2D eigenvalue weighted by molar-refractivity contribution is 7.15. The molecule has 3 rings (SSSR count). The molecule has 0 bridgehead atoms. The maximum absolute atomic E-state index is 12.2. The average molecular weight is 397 g/mol. The van der Waals surface area contributed by atoms with E-state index in [0.29, 0.717) is 13.0 Å². The van der Waals surface area contributed by atoms with Crippen molar-refractivity contribution >= 4 is 17.2 Å². The fourth-order valence-corrected chi connectivity index (χ4v) is 3.89. The third-order valence-electron chi connectivity index (χ3n) is 4.43. The molecule has 1 heterocycles. The summed E-state index contributed by atoms with van der Waals surface area (Å²) >= 11 is 1.67. The summed E-state index contributed by atoms with van der Waals surface area (Å²) < 4.78 is 10.3. The van der Waals surface area contributed by atoms with Gasteiger partial charge in [-0.1, -0.05) is 12.1 Å². The first-order valence-electron chi connectivity index (χ1n) is 9.09. The molecule has 0 unspecified atom stereocenters.